The van der Waals surface area contributed by atoms with E-state index in [0.717, 1.165) is 35.9 Å². The number of anilines is 3. The molecule has 1 saturated heterocycles. The first-order chi connectivity index (χ1) is 15.2. The van der Waals surface area contributed by atoms with Crippen LogP contribution < -0.4 is 19.9 Å². The summed E-state index contributed by atoms with van der Waals surface area (Å²) >= 11 is 0. The Morgan fingerprint density at radius 2 is 1.81 bits per heavy atom. The molecule has 32 heavy (non-hydrogen) atoms. The van der Waals surface area contributed by atoms with E-state index >= 15 is 0 Å². The van der Waals surface area contributed by atoms with Crippen LogP contribution in [-0.4, -0.2) is 37.0 Å². The van der Waals surface area contributed by atoms with Gasteiger partial charge in [-0.05, 0) is 81.5 Å². The number of nitrogens with zero attached hydrogens (tertiary/aromatic N) is 2. The van der Waals surface area contributed by atoms with Gasteiger partial charge in [-0.25, -0.2) is 0 Å². The molecule has 0 atom stereocenters. The van der Waals surface area contributed by atoms with Crippen LogP contribution >= 0.6 is 0 Å². The summed E-state index contributed by atoms with van der Waals surface area (Å²) in [6.07, 6.45) is 2.65. The third-order valence-electron chi connectivity index (χ3n) is 6.39. The van der Waals surface area contributed by atoms with E-state index in [9.17, 15) is 9.59 Å². The van der Waals surface area contributed by atoms with Gasteiger partial charge in [-0.2, -0.15) is 0 Å². The SMILES string of the molecule is Cc1ccc2c(c1)N(CCC(=O)Nc1ccc(N3CCC(C)CC3)cc1)C(=O)C(C)(C)O2. The van der Waals surface area contributed by atoms with E-state index in [0.29, 0.717) is 12.3 Å². The van der Waals surface area contributed by atoms with E-state index in [-0.39, 0.29) is 18.2 Å². The number of piperidine rings is 1. The van der Waals surface area contributed by atoms with Crippen molar-refractivity contribution in [2.75, 3.05) is 34.8 Å². The number of carbonyl (C=O) groups excluding carboxylic acids is 2. The molecule has 1 fully saturated rings. The number of hydrogen-bond donors (Lipinski definition) is 1. The summed E-state index contributed by atoms with van der Waals surface area (Å²) in [6, 6.07) is 13.8. The Hall–Kier alpha value is -3.02. The molecule has 0 aliphatic carbocycles. The summed E-state index contributed by atoms with van der Waals surface area (Å²) in [5.74, 6) is 1.22. The van der Waals surface area contributed by atoms with Crippen molar-refractivity contribution < 1.29 is 14.3 Å². The zero-order valence-corrected chi connectivity index (χ0v) is 19.5. The van der Waals surface area contributed by atoms with Crippen molar-refractivity contribution in [1.82, 2.24) is 0 Å². The maximum Gasteiger partial charge on any atom is 0.270 e. The monoisotopic (exact) mass is 435 g/mol. The van der Waals surface area contributed by atoms with E-state index in [1.54, 1.807) is 18.7 Å². The van der Waals surface area contributed by atoms with Crippen LogP contribution in [0.2, 0.25) is 0 Å². The average Bonchev–Trinajstić information content (AvgIpc) is 2.76. The smallest absolute Gasteiger partial charge is 0.270 e. The number of fused-ring (bicyclic) bond motifs is 1. The minimum atomic E-state index is -0.958. The van der Waals surface area contributed by atoms with Crippen molar-refractivity contribution >= 4 is 28.9 Å². The molecule has 2 heterocycles. The predicted octanol–water partition coefficient (Wildman–Crippen LogP) is 4.76. The lowest BCUT2D eigenvalue weighted by Crippen LogP contribution is -2.53. The quantitative estimate of drug-likeness (QED) is 0.735. The van der Waals surface area contributed by atoms with Gasteiger partial charge in [0.15, 0.2) is 5.60 Å². The van der Waals surface area contributed by atoms with E-state index in [4.69, 9.17) is 4.74 Å². The molecular weight excluding hydrogens is 402 g/mol. The Labute approximate surface area is 190 Å². The molecule has 0 spiro atoms. The van der Waals surface area contributed by atoms with Crippen LogP contribution in [0.25, 0.3) is 0 Å². The van der Waals surface area contributed by atoms with Gasteiger partial charge in [0, 0.05) is 37.4 Å². The Kier molecular flexibility index (Phi) is 6.13. The Morgan fingerprint density at radius 3 is 2.50 bits per heavy atom. The molecule has 2 aromatic rings. The van der Waals surface area contributed by atoms with Crippen molar-refractivity contribution in [3.05, 3.63) is 48.0 Å². The summed E-state index contributed by atoms with van der Waals surface area (Å²) in [4.78, 5) is 29.7. The van der Waals surface area contributed by atoms with Crippen molar-refractivity contribution in [1.29, 1.82) is 0 Å². The second-order valence-electron chi connectivity index (χ2n) is 9.55. The summed E-state index contributed by atoms with van der Waals surface area (Å²) in [7, 11) is 0. The largest absolute Gasteiger partial charge is 0.476 e. The van der Waals surface area contributed by atoms with Gasteiger partial charge in [0.25, 0.3) is 5.91 Å². The molecule has 6 heteroatoms. The molecule has 0 aromatic heterocycles. The molecule has 0 saturated carbocycles. The normalized spacial score (nSPS) is 18.2. The van der Waals surface area contributed by atoms with Gasteiger partial charge in [0.1, 0.15) is 5.75 Å². The molecule has 2 aromatic carbocycles. The van der Waals surface area contributed by atoms with E-state index in [2.05, 4.69) is 29.3 Å². The second-order valence-corrected chi connectivity index (χ2v) is 9.55. The van der Waals surface area contributed by atoms with Gasteiger partial charge in [-0.1, -0.05) is 13.0 Å². The molecule has 0 unspecified atom stereocenters. The fraction of sp³-hybridized carbons (Fsp3) is 0.462. The first-order valence-corrected chi connectivity index (χ1v) is 11.5. The number of carbonyl (C=O) groups is 2. The molecule has 4 rings (SSSR count). The highest BCUT2D eigenvalue weighted by molar-refractivity contribution is 6.03. The molecule has 6 nitrogen and oxygen atoms in total. The van der Waals surface area contributed by atoms with Crippen LogP contribution in [-0.2, 0) is 9.59 Å². The standard InChI is InChI=1S/C26H33N3O3/c1-18-11-14-28(15-12-18)21-8-6-20(7-9-21)27-24(30)13-16-29-22-17-19(2)5-10-23(22)32-26(3,4)25(29)31/h5-10,17-18H,11-16H2,1-4H3,(H,27,30). The van der Waals surface area contributed by atoms with Crippen molar-refractivity contribution in [3.63, 3.8) is 0 Å². The van der Waals surface area contributed by atoms with E-state index in [1.165, 1.54) is 18.5 Å². The summed E-state index contributed by atoms with van der Waals surface area (Å²) in [5.41, 5.74) is 2.78. The van der Waals surface area contributed by atoms with Crippen molar-refractivity contribution in [2.45, 2.75) is 52.6 Å². The average molecular weight is 436 g/mol. The minimum Gasteiger partial charge on any atom is -0.476 e. The van der Waals surface area contributed by atoms with Crippen molar-refractivity contribution in [3.8, 4) is 5.75 Å². The predicted molar refractivity (Wildman–Crippen MR) is 129 cm³/mol. The topological polar surface area (TPSA) is 61.9 Å². The van der Waals surface area contributed by atoms with Gasteiger partial charge in [0.2, 0.25) is 5.91 Å². The zero-order valence-electron chi connectivity index (χ0n) is 19.5. The Morgan fingerprint density at radius 1 is 1.12 bits per heavy atom. The maximum absolute atomic E-state index is 13.0. The fourth-order valence-corrected chi connectivity index (χ4v) is 4.36. The van der Waals surface area contributed by atoms with Crippen LogP contribution in [0.5, 0.6) is 5.75 Å². The van der Waals surface area contributed by atoms with Crippen molar-refractivity contribution in [2.24, 2.45) is 5.92 Å². The van der Waals surface area contributed by atoms with Crippen LogP contribution in [0.3, 0.4) is 0 Å². The van der Waals surface area contributed by atoms with Gasteiger partial charge in [0.05, 0.1) is 5.69 Å². The number of nitrogens with one attached hydrogen (secondary N) is 1. The number of aryl methyl sites for hydroxylation is 1. The van der Waals surface area contributed by atoms with E-state index < -0.39 is 5.60 Å². The lowest BCUT2D eigenvalue weighted by atomic mass is 9.99. The van der Waals surface area contributed by atoms with Crippen LogP contribution in [0.1, 0.15) is 45.6 Å². The number of hydrogen-bond acceptors (Lipinski definition) is 4. The zero-order chi connectivity index (χ0) is 22.9. The fourth-order valence-electron chi connectivity index (χ4n) is 4.36. The third-order valence-corrected chi connectivity index (χ3v) is 6.39. The highest BCUT2D eigenvalue weighted by atomic mass is 16.5. The summed E-state index contributed by atoms with van der Waals surface area (Å²) < 4.78 is 5.89. The van der Waals surface area contributed by atoms with Gasteiger partial charge in [-0.3, -0.25) is 9.59 Å². The highest BCUT2D eigenvalue weighted by Gasteiger charge is 2.40. The number of benzene rings is 2. The third kappa shape index (κ3) is 4.74. The van der Waals surface area contributed by atoms with Crippen LogP contribution in [0, 0.1) is 12.8 Å². The second kappa shape index (κ2) is 8.85. The van der Waals surface area contributed by atoms with Crippen LogP contribution in [0.4, 0.5) is 17.1 Å². The van der Waals surface area contributed by atoms with E-state index in [1.807, 2.05) is 37.3 Å². The Balaban J connectivity index is 1.38. The van der Waals surface area contributed by atoms with Gasteiger partial charge < -0.3 is 19.9 Å². The molecule has 2 aliphatic heterocycles. The number of amides is 2. The lowest BCUT2D eigenvalue weighted by Gasteiger charge is -2.38. The summed E-state index contributed by atoms with van der Waals surface area (Å²) in [5, 5.41) is 2.96. The molecule has 170 valence electrons. The highest BCUT2D eigenvalue weighted by Crippen LogP contribution is 2.38. The molecule has 0 bridgehead atoms. The molecular formula is C26H33N3O3. The lowest BCUT2D eigenvalue weighted by molar-refractivity contribution is -0.132. The first kappa shape index (κ1) is 22.2. The Bertz CT molecular complexity index is 992. The number of rotatable bonds is 5. The van der Waals surface area contributed by atoms with Gasteiger partial charge in [-0.15, -0.1) is 0 Å². The molecule has 2 amide bonds. The summed E-state index contributed by atoms with van der Waals surface area (Å²) in [6.45, 7) is 10.3. The van der Waals surface area contributed by atoms with Gasteiger partial charge >= 0.3 is 0 Å². The maximum atomic E-state index is 13.0. The van der Waals surface area contributed by atoms with Crippen LogP contribution in [0.15, 0.2) is 42.5 Å². The number of ether oxygens (including phenoxy) is 1. The molecule has 0 radical (unpaired) electrons. The first-order valence-electron chi connectivity index (χ1n) is 11.5. The minimum absolute atomic E-state index is 0.115. The molecule has 2 aliphatic rings. The molecule has 1 N–H and O–H groups in total.